The third-order valence-electron chi connectivity index (χ3n) is 4.85. The molecule has 1 amide bonds. The van der Waals surface area contributed by atoms with Crippen LogP contribution in [0.15, 0.2) is 54.7 Å². The minimum absolute atomic E-state index is 0.0594. The highest BCUT2D eigenvalue weighted by molar-refractivity contribution is 5.97. The Balaban J connectivity index is 1.62. The number of benzene rings is 2. The van der Waals surface area contributed by atoms with E-state index in [1.165, 1.54) is 0 Å². The van der Waals surface area contributed by atoms with E-state index >= 15 is 0 Å². The molecule has 0 saturated heterocycles. The minimum atomic E-state index is -0.680. The molecule has 1 aliphatic carbocycles. The maximum Gasteiger partial charge on any atom is 0.274 e. The SMILES string of the molecule is Cc1ccc(-c2cnc(N)c(C(=O)N[C@@H]3c4ccccc4C[C@@H]3O)n2)cc1. The number of hydrogen-bond donors (Lipinski definition) is 3. The molecule has 2 atom stereocenters. The topological polar surface area (TPSA) is 101 Å². The normalized spacial score (nSPS) is 18.1. The molecule has 4 N–H and O–H groups in total. The number of anilines is 1. The first-order valence-corrected chi connectivity index (χ1v) is 8.79. The number of nitrogen functional groups attached to an aromatic ring is 1. The molecule has 136 valence electrons. The third kappa shape index (κ3) is 3.27. The standard InChI is InChI=1S/C21H20N4O2/c1-12-6-8-13(9-7-12)16-11-23-20(22)19(24-16)21(27)25-18-15-5-3-2-4-14(15)10-17(18)26/h2-9,11,17-18,26H,10H2,1H3,(H2,22,23)(H,25,27)/t17-,18+/m0/s1. The molecule has 1 aromatic heterocycles. The second kappa shape index (κ2) is 6.81. The van der Waals surface area contributed by atoms with Crippen molar-refractivity contribution in [2.24, 2.45) is 0 Å². The number of nitrogens with zero attached hydrogens (tertiary/aromatic N) is 2. The smallest absolute Gasteiger partial charge is 0.274 e. The van der Waals surface area contributed by atoms with Crippen LogP contribution in [-0.4, -0.2) is 27.1 Å². The number of carbonyl (C=O) groups excluding carboxylic acids is 1. The minimum Gasteiger partial charge on any atom is -0.390 e. The number of aromatic nitrogens is 2. The largest absolute Gasteiger partial charge is 0.390 e. The van der Waals surface area contributed by atoms with Crippen molar-refractivity contribution < 1.29 is 9.90 Å². The molecule has 6 heteroatoms. The molecule has 4 rings (SSSR count). The van der Waals surface area contributed by atoms with Crippen molar-refractivity contribution in [1.82, 2.24) is 15.3 Å². The number of aliphatic hydroxyl groups is 1. The molecule has 0 aliphatic heterocycles. The van der Waals surface area contributed by atoms with Gasteiger partial charge in [0.1, 0.15) is 0 Å². The van der Waals surface area contributed by atoms with E-state index in [-0.39, 0.29) is 11.5 Å². The molecule has 2 aromatic carbocycles. The van der Waals surface area contributed by atoms with Crippen LogP contribution in [0.1, 0.15) is 33.2 Å². The fourth-order valence-electron chi connectivity index (χ4n) is 3.39. The quantitative estimate of drug-likeness (QED) is 0.666. The van der Waals surface area contributed by atoms with Gasteiger partial charge in [-0.15, -0.1) is 0 Å². The number of carbonyl (C=O) groups is 1. The van der Waals surface area contributed by atoms with Gasteiger partial charge in [-0.05, 0) is 18.1 Å². The van der Waals surface area contributed by atoms with Gasteiger partial charge in [-0.1, -0.05) is 54.1 Å². The van der Waals surface area contributed by atoms with Gasteiger partial charge in [-0.25, -0.2) is 9.97 Å². The van der Waals surface area contributed by atoms with Gasteiger partial charge in [-0.3, -0.25) is 4.79 Å². The summed E-state index contributed by atoms with van der Waals surface area (Å²) in [4.78, 5) is 21.4. The maximum atomic E-state index is 12.8. The van der Waals surface area contributed by atoms with Gasteiger partial charge in [0.05, 0.1) is 24.0 Å². The number of nitrogens with one attached hydrogen (secondary N) is 1. The number of amides is 1. The van der Waals surface area contributed by atoms with Crippen LogP contribution in [0.5, 0.6) is 0 Å². The summed E-state index contributed by atoms with van der Waals surface area (Å²) < 4.78 is 0. The van der Waals surface area contributed by atoms with Crippen molar-refractivity contribution in [1.29, 1.82) is 0 Å². The molecule has 1 heterocycles. The maximum absolute atomic E-state index is 12.8. The number of aryl methyl sites for hydroxylation is 1. The van der Waals surface area contributed by atoms with Crippen molar-refractivity contribution in [2.75, 3.05) is 5.73 Å². The van der Waals surface area contributed by atoms with E-state index in [2.05, 4.69) is 15.3 Å². The fraction of sp³-hybridized carbons (Fsp3) is 0.190. The molecular formula is C21H20N4O2. The van der Waals surface area contributed by atoms with E-state index in [1.54, 1.807) is 6.20 Å². The van der Waals surface area contributed by atoms with Gasteiger partial charge in [0, 0.05) is 12.0 Å². The summed E-state index contributed by atoms with van der Waals surface area (Å²) in [7, 11) is 0. The van der Waals surface area contributed by atoms with Crippen LogP contribution < -0.4 is 11.1 Å². The van der Waals surface area contributed by atoms with Crippen molar-refractivity contribution in [3.63, 3.8) is 0 Å². The molecular weight excluding hydrogens is 340 g/mol. The Morgan fingerprint density at radius 2 is 1.93 bits per heavy atom. The summed E-state index contributed by atoms with van der Waals surface area (Å²) in [6, 6.07) is 15.0. The fourth-order valence-corrected chi connectivity index (χ4v) is 3.39. The lowest BCUT2D eigenvalue weighted by molar-refractivity contribution is 0.0854. The van der Waals surface area contributed by atoms with Crippen LogP contribution in [0.25, 0.3) is 11.3 Å². The lowest BCUT2D eigenvalue weighted by Crippen LogP contribution is -2.35. The highest BCUT2D eigenvalue weighted by atomic mass is 16.3. The van der Waals surface area contributed by atoms with Gasteiger partial charge in [-0.2, -0.15) is 0 Å². The van der Waals surface area contributed by atoms with Crippen LogP contribution in [0.4, 0.5) is 5.82 Å². The van der Waals surface area contributed by atoms with Crippen molar-refractivity contribution in [3.8, 4) is 11.3 Å². The second-order valence-electron chi connectivity index (χ2n) is 6.78. The Bertz CT molecular complexity index is 1000. The summed E-state index contributed by atoms with van der Waals surface area (Å²) in [5, 5.41) is 13.2. The zero-order chi connectivity index (χ0) is 19.0. The summed E-state index contributed by atoms with van der Waals surface area (Å²) in [5.74, 6) is -0.390. The molecule has 6 nitrogen and oxygen atoms in total. The number of nitrogens with two attached hydrogens (primary N) is 1. The Hall–Kier alpha value is -3.25. The molecule has 1 aliphatic rings. The molecule has 0 unspecified atom stereocenters. The van der Waals surface area contributed by atoms with Crippen molar-refractivity contribution >= 4 is 11.7 Å². The molecule has 0 radical (unpaired) electrons. The Morgan fingerprint density at radius 1 is 1.19 bits per heavy atom. The summed E-state index contributed by atoms with van der Waals surface area (Å²) in [6.07, 6.45) is 1.38. The molecule has 0 fully saturated rings. The number of rotatable bonds is 3. The van der Waals surface area contributed by atoms with E-state index in [0.717, 1.165) is 22.3 Å². The number of fused-ring (bicyclic) bond motifs is 1. The highest BCUT2D eigenvalue weighted by Crippen LogP contribution is 2.31. The lowest BCUT2D eigenvalue weighted by atomic mass is 10.1. The Labute approximate surface area is 157 Å². The molecule has 0 spiro atoms. The van der Waals surface area contributed by atoms with Crippen LogP contribution in [0.2, 0.25) is 0 Å². The molecule has 0 saturated carbocycles. The zero-order valence-electron chi connectivity index (χ0n) is 14.9. The lowest BCUT2D eigenvalue weighted by Gasteiger charge is -2.18. The van der Waals surface area contributed by atoms with E-state index in [1.807, 2.05) is 55.5 Å². The average molecular weight is 360 g/mol. The first-order valence-electron chi connectivity index (χ1n) is 8.79. The van der Waals surface area contributed by atoms with E-state index in [4.69, 9.17) is 5.73 Å². The third-order valence-corrected chi connectivity index (χ3v) is 4.85. The van der Waals surface area contributed by atoms with Gasteiger partial charge in [0.15, 0.2) is 11.5 Å². The van der Waals surface area contributed by atoms with Gasteiger partial charge in [0.25, 0.3) is 5.91 Å². The first-order chi connectivity index (χ1) is 13.0. The van der Waals surface area contributed by atoms with Gasteiger partial charge < -0.3 is 16.2 Å². The van der Waals surface area contributed by atoms with Crippen molar-refractivity contribution in [2.45, 2.75) is 25.5 Å². The number of aliphatic hydroxyl groups excluding tert-OH is 1. The monoisotopic (exact) mass is 360 g/mol. The van der Waals surface area contributed by atoms with E-state index in [9.17, 15) is 9.90 Å². The Morgan fingerprint density at radius 3 is 2.70 bits per heavy atom. The molecule has 0 bridgehead atoms. The predicted molar refractivity (Wildman–Crippen MR) is 103 cm³/mol. The van der Waals surface area contributed by atoms with Crippen LogP contribution in [0, 0.1) is 6.92 Å². The van der Waals surface area contributed by atoms with Gasteiger partial charge >= 0.3 is 0 Å². The van der Waals surface area contributed by atoms with Crippen LogP contribution >= 0.6 is 0 Å². The average Bonchev–Trinajstić information content (AvgIpc) is 2.98. The molecule has 27 heavy (non-hydrogen) atoms. The molecule has 3 aromatic rings. The summed E-state index contributed by atoms with van der Waals surface area (Å²) in [5.41, 5.74) is 10.5. The highest BCUT2D eigenvalue weighted by Gasteiger charge is 2.32. The zero-order valence-corrected chi connectivity index (χ0v) is 14.9. The summed E-state index contributed by atoms with van der Waals surface area (Å²) in [6.45, 7) is 2.00. The summed E-state index contributed by atoms with van der Waals surface area (Å²) >= 11 is 0. The predicted octanol–water partition coefficient (Wildman–Crippen LogP) is 2.42. The van der Waals surface area contributed by atoms with Crippen LogP contribution in [-0.2, 0) is 6.42 Å². The van der Waals surface area contributed by atoms with Crippen LogP contribution in [0.3, 0.4) is 0 Å². The van der Waals surface area contributed by atoms with E-state index < -0.39 is 18.1 Å². The number of hydrogen-bond acceptors (Lipinski definition) is 5. The van der Waals surface area contributed by atoms with Crippen molar-refractivity contribution in [3.05, 3.63) is 77.1 Å². The Kier molecular flexibility index (Phi) is 4.33. The van der Waals surface area contributed by atoms with Gasteiger partial charge in [0.2, 0.25) is 0 Å². The second-order valence-corrected chi connectivity index (χ2v) is 6.78. The van der Waals surface area contributed by atoms with E-state index in [0.29, 0.717) is 12.1 Å². The first kappa shape index (κ1) is 17.2.